The highest BCUT2D eigenvalue weighted by Crippen LogP contribution is 2.21. The summed E-state index contributed by atoms with van der Waals surface area (Å²) in [5, 5.41) is 8.82. The van der Waals surface area contributed by atoms with E-state index >= 15 is 0 Å². The second kappa shape index (κ2) is 4.41. The zero-order chi connectivity index (χ0) is 11.4. The Hall–Kier alpha value is -2.41. The van der Waals surface area contributed by atoms with E-state index in [-0.39, 0.29) is 11.6 Å². The number of hydrogen-bond acceptors (Lipinski definition) is 4. The first-order valence-corrected chi connectivity index (χ1v) is 4.75. The van der Waals surface area contributed by atoms with Crippen LogP contribution in [0.15, 0.2) is 36.7 Å². The highest BCUT2D eigenvalue weighted by molar-refractivity contribution is 5.36. The number of aryl methyl sites for hydroxylation is 1. The Bertz CT molecular complexity index is 546. The van der Waals surface area contributed by atoms with Crippen molar-refractivity contribution in [3.63, 3.8) is 0 Å². The fraction of sp³-hybridized carbons (Fsp3) is 0.0833. The van der Waals surface area contributed by atoms with Gasteiger partial charge < -0.3 is 4.74 Å². The minimum absolute atomic E-state index is 0.184. The van der Waals surface area contributed by atoms with Gasteiger partial charge in [0.1, 0.15) is 11.8 Å². The van der Waals surface area contributed by atoms with Crippen LogP contribution in [-0.2, 0) is 0 Å². The van der Waals surface area contributed by atoms with Crippen molar-refractivity contribution in [1.82, 2.24) is 9.97 Å². The van der Waals surface area contributed by atoms with Crippen LogP contribution in [0.5, 0.6) is 11.6 Å². The highest BCUT2D eigenvalue weighted by Gasteiger charge is 2.06. The monoisotopic (exact) mass is 211 g/mol. The summed E-state index contributed by atoms with van der Waals surface area (Å²) in [4.78, 5) is 7.83. The molecule has 0 fully saturated rings. The third-order valence-corrected chi connectivity index (χ3v) is 1.97. The molecule has 1 aromatic carbocycles. The van der Waals surface area contributed by atoms with Crippen LogP contribution in [0.3, 0.4) is 0 Å². The molecule has 0 unspecified atom stereocenters. The lowest BCUT2D eigenvalue weighted by Crippen LogP contribution is -1.93. The number of benzene rings is 1. The van der Waals surface area contributed by atoms with E-state index in [4.69, 9.17) is 10.00 Å². The SMILES string of the molecule is Cc1cccc(Oc2nccnc2C#N)c1. The van der Waals surface area contributed by atoms with Gasteiger partial charge in [-0.05, 0) is 24.6 Å². The van der Waals surface area contributed by atoms with Crippen LogP contribution in [0.25, 0.3) is 0 Å². The standard InChI is InChI=1S/C12H9N3O/c1-9-3-2-4-10(7-9)16-12-11(8-13)14-5-6-15-12/h2-7H,1H3. The summed E-state index contributed by atoms with van der Waals surface area (Å²) in [5.41, 5.74) is 1.27. The number of nitrogens with zero attached hydrogens (tertiary/aromatic N) is 3. The molecular formula is C12H9N3O. The summed E-state index contributed by atoms with van der Waals surface area (Å²) in [6.07, 6.45) is 2.95. The molecule has 2 rings (SSSR count). The number of aromatic nitrogens is 2. The van der Waals surface area contributed by atoms with Crippen molar-refractivity contribution in [2.45, 2.75) is 6.92 Å². The van der Waals surface area contributed by atoms with Crippen LogP contribution in [0.1, 0.15) is 11.3 Å². The van der Waals surface area contributed by atoms with Gasteiger partial charge in [-0.25, -0.2) is 9.97 Å². The van der Waals surface area contributed by atoms with Gasteiger partial charge in [0.15, 0.2) is 0 Å². The second-order valence-electron chi connectivity index (χ2n) is 3.24. The first-order chi connectivity index (χ1) is 7.79. The molecule has 0 saturated carbocycles. The molecule has 0 atom stereocenters. The smallest absolute Gasteiger partial charge is 0.256 e. The molecule has 0 aliphatic rings. The maximum Gasteiger partial charge on any atom is 0.256 e. The summed E-state index contributed by atoms with van der Waals surface area (Å²) in [6.45, 7) is 1.97. The fourth-order valence-corrected chi connectivity index (χ4v) is 1.27. The van der Waals surface area contributed by atoms with Gasteiger partial charge in [0.2, 0.25) is 5.69 Å². The van der Waals surface area contributed by atoms with Gasteiger partial charge in [-0.3, -0.25) is 0 Å². The molecule has 0 amide bonds. The van der Waals surface area contributed by atoms with E-state index in [1.54, 1.807) is 0 Å². The number of ether oxygens (including phenoxy) is 1. The Morgan fingerprint density at radius 2 is 2.06 bits per heavy atom. The van der Waals surface area contributed by atoms with E-state index in [1.807, 2.05) is 37.3 Å². The summed E-state index contributed by atoms with van der Waals surface area (Å²) in [6, 6.07) is 9.46. The minimum Gasteiger partial charge on any atom is -0.436 e. The molecule has 16 heavy (non-hydrogen) atoms. The van der Waals surface area contributed by atoms with E-state index in [2.05, 4.69) is 9.97 Å². The first-order valence-electron chi connectivity index (χ1n) is 4.75. The lowest BCUT2D eigenvalue weighted by Gasteiger charge is -2.05. The minimum atomic E-state index is 0.184. The summed E-state index contributed by atoms with van der Waals surface area (Å²) >= 11 is 0. The molecule has 0 aliphatic carbocycles. The lowest BCUT2D eigenvalue weighted by molar-refractivity contribution is 0.458. The average molecular weight is 211 g/mol. The quantitative estimate of drug-likeness (QED) is 0.765. The van der Waals surface area contributed by atoms with Gasteiger partial charge in [-0.15, -0.1) is 0 Å². The van der Waals surface area contributed by atoms with Gasteiger partial charge in [0.25, 0.3) is 5.88 Å². The van der Waals surface area contributed by atoms with E-state index in [0.29, 0.717) is 5.75 Å². The zero-order valence-corrected chi connectivity index (χ0v) is 8.71. The molecule has 0 radical (unpaired) electrons. The topological polar surface area (TPSA) is 58.8 Å². The van der Waals surface area contributed by atoms with Crippen molar-refractivity contribution < 1.29 is 4.74 Å². The van der Waals surface area contributed by atoms with Gasteiger partial charge >= 0.3 is 0 Å². The van der Waals surface area contributed by atoms with Gasteiger partial charge in [-0.1, -0.05) is 12.1 Å². The first kappa shape index (κ1) is 10.1. The molecular weight excluding hydrogens is 202 g/mol. The lowest BCUT2D eigenvalue weighted by atomic mass is 10.2. The number of rotatable bonds is 2. The summed E-state index contributed by atoms with van der Waals surface area (Å²) in [5.74, 6) is 0.882. The van der Waals surface area contributed by atoms with Crippen LogP contribution in [0.2, 0.25) is 0 Å². The summed E-state index contributed by atoms with van der Waals surface area (Å²) in [7, 11) is 0. The molecule has 78 valence electrons. The van der Waals surface area contributed by atoms with E-state index < -0.39 is 0 Å². The van der Waals surface area contributed by atoms with Crippen LogP contribution < -0.4 is 4.74 Å². The third-order valence-electron chi connectivity index (χ3n) is 1.97. The van der Waals surface area contributed by atoms with Crippen molar-refractivity contribution in [1.29, 1.82) is 5.26 Å². The van der Waals surface area contributed by atoms with Crippen LogP contribution >= 0.6 is 0 Å². The molecule has 0 saturated heterocycles. The normalized spacial score (nSPS) is 9.50. The van der Waals surface area contributed by atoms with Crippen molar-refractivity contribution in [3.8, 4) is 17.7 Å². The molecule has 1 aromatic heterocycles. The van der Waals surface area contributed by atoms with Crippen LogP contribution in [0, 0.1) is 18.3 Å². The molecule has 4 nitrogen and oxygen atoms in total. The molecule has 0 bridgehead atoms. The predicted octanol–water partition coefficient (Wildman–Crippen LogP) is 2.45. The Kier molecular flexibility index (Phi) is 2.79. The Balaban J connectivity index is 2.31. The van der Waals surface area contributed by atoms with Gasteiger partial charge in [-0.2, -0.15) is 5.26 Å². The zero-order valence-electron chi connectivity index (χ0n) is 8.71. The van der Waals surface area contributed by atoms with Crippen molar-refractivity contribution in [3.05, 3.63) is 47.9 Å². The summed E-state index contributed by atoms with van der Waals surface area (Å²) < 4.78 is 5.49. The van der Waals surface area contributed by atoms with E-state index in [1.165, 1.54) is 12.4 Å². The molecule has 4 heteroatoms. The third kappa shape index (κ3) is 2.15. The highest BCUT2D eigenvalue weighted by atomic mass is 16.5. The fourth-order valence-electron chi connectivity index (χ4n) is 1.27. The number of hydrogen-bond donors (Lipinski definition) is 0. The van der Waals surface area contributed by atoms with Crippen molar-refractivity contribution in [2.24, 2.45) is 0 Å². The maximum atomic E-state index is 8.82. The van der Waals surface area contributed by atoms with Crippen LogP contribution in [-0.4, -0.2) is 9.97 Å². The largest absolute Gasteiger partial charge is 0.436 e. The van der Waals surface area contributed by atoms with Gasteiger partial charge in [0.05, 0.1) is 0 Å². The molecule has 0 spiro atoms. The molecule has 0 N–H and O–H groups in total. The van der Waals surface area contributed by atoms with Crippen LogP contribution in [0.4, 0.5) is 0 Å². The van der Waals surface area contributed by atoms with Crippen molar-refractivity contribution >= 4 is 0 Å². The Morgan fingerprint density at radius 1 is 1.25 bits per heavy atom. The predicted molar refractivity (Wildman–Crippen MR) is 58.0 cm³/mol. The van der Waals surface area contributed by atoms with E-state index in [9.17, 15) is 0 Å². The second-order valence-corrected chi connectivity index (χ2v) is 3.24. The molecule has 1 heterocycles. The van der Waals surface area contributed by atoms with Crippen molar-refractivity contribution in [2.75, 3.05) is 0 Å². The maximum absolute atomic E-state index is 8.82. The van der Waals surface area contributed by atoms with E-state index in [0.717, 1.165) is 5.56 Å². The molecule has 0 aliphatic heterocycles. The van der Waals surface area contributed by atoms with Gasteiger partial charge in [0, 0.05) is 12.4 Å². The Morgan fingerprint density at radius 3 is 2.81 bits per heavy atom. The Labute approximate surface area is 93.2 Å². The number of nitriles is 1. The average Bonchev–Trinajstić information content (AvgIpc) is 2.30. The molecule has 2 aromatic rings.